The SMILES string of the molecule is CC(C)CC1CC2CC2CN1. The van der Waals surface area contributed by atoms with E-state index in [-0.39, 0.29) is 0 Å². The van der Waals surface area contributed by atoms with Gasteiger partial charge in [-0.15, -0.1) is 0 Å². The van der Waals surface area contributed by atoms with Crippen LogP contribution < -0.4 is 5.32 Å². The molecule has 0 amide bonds. The minimum Gasteiger partial charge on any atom is -0.314 e. The molecule has 1 nitrogen and oxygen atoms in total. The van der Waals surface area contributed by atoms with Crippen LogP contribution in [0, 0.1) is 17.8 Å². The maximum absolute atomic E-state index is 3.64. The zero-order valence-corrected chi connectivity index (χ0v) is 7.64. The van der Waals surface area contributed by atoms with Crippen LogP contribution in [0.15, 0.2) is 0 Å². The van der Waals surface area contributed by atoms with Crippen LogP contribution in [0.4, 0.5) is 0 Å². The Morgan fingerprint density at radius 2 is 2.09 bits per heavy atom. The Labute approximate surface area is 69.6 Å². The topological polar surface area (TPSA) is 12.0 Å². The minimum atomic E-state index is 0.846. The van der Waals surface area contributed by atoms with E-state index in [0.717, 1.165) is 23.8 Å². The van der Waals surface area contributed by atoms with Crippen molar-refractivity contribution in [3.8, 4) is 0 Å². The van der Waals surface area contributed by atoms with Gasteiger partial charge in [0.25, 0.3) is 0 Å². The minimum absolute atomic E-state index is 0.846. The van der Waals surface area contributed by atoms with Crippen LogP contribution in [-0.2, 0) is 0 Å². The van der Waals surface area contributed by atoms with Crippen LogP contribution in [0.5, 0.6) is 0 Å². The molecule has 0 radical (unpaired) electrons. The summed E-state index contributed by atoms with van der Waals surface area (Å²) in [7, 11) is 0. The Kier molecular flexibility index (Phi) is 1.92. The first kappa shape index (κ1) is 7.60. The molecule has 2 rings (SSSR count). The van der Waals surface area contributed by atoms with E-state index in [4.69, 9.17) is 0 Å². The molecule has 3 unspecified atom stereocenters. The molecular weight excluding hydrogens is 134 g/mol. The summed E-state index contributed by atoms with van der Waals surface area (Å²) in [5, 5.41) is 3.64. The van der Waals surface area contributed by atoms with Gasteiger partial charge < -0.3 is 5.32 Å². The average Bonchev–Trinajstić information content (AvgIpc) is 2.63. The number of nitrogens with one attached hydrogen (secondary N) is 1. The second-order valence-corrected chi connectivity index (χ2v) is 4.73. The predicted octanol–water partition coefficient (Wildman–Crippen LogP) is 2.03. The normalized spacial score (nSPS) is 42.3. The lowest BCUT2D eigenvalue weighted by atomic mass is 9.96. The van der Waals surface area contributed by atoms with Gasteiger partial charge in [-0.05, 0) is 43.6 Å². The molecule has 2 aliphatic rings. The lowest BCUT2D eigenvalue weighted by Crippen LogP contribution is -2.36. The number of hydrogen-bond donors (Lipinski definition) is 1. The lowest BCUT2D eigenvalue weighted by Gasteiger charge is -2.24. The van der Waals surface area contributed by atoms with Gasteiger partial charge in [0, 0.05) is 6.04 Å². The average molecular weight is 153 g/mol. The molecule has 0 aromatic carbocycles. The maximum atomic E-state index is 3.64. The number of fused-ring (bicyclic) bond motifs is 1. The summed E-state index contributed by atoms with van der Waals surface area (Å²) in [6, 6.07) is 0.846. The van der Waals surface area contributed by atoms with Gasteiger partial charge >= 0.3 is 0 Å². The van der Waals surface area contributed by atoms with Crippen molar-refractivity contribution in [1.82, 2.24) is 5.32 Å². The Hall–Kier alpha value is -0.0400. The molecule has 11 heavy (non-hydrogen) atoms. The fourth-order valence-electron chi connectivity index (χ4n) is 2.36. The molecule has 2 fully saturated rings. The van der Waals surface area contributed by atoms with E-state index < -0.39 is 0 Å². The van der Waals surface area contributed by atoms with Crippen molar-refractivity contribution in [2.45, 2.75) is 39.2 Å². The third-order valence-corrected chi connectivity index (χ3v) is 3.08. The summed E-state index contributed by atoms with van der Waals surface area (Å²) in [6.07, 6.45) is 4.35. The van der Waals surface area contributed by atoms with E-state index in [9.17, 15) is 0 Å². The van der Waals surface area contributed by atoms with Gasteiger partial charge in [-0.1, -0.05) is 13.8 Å². The highest BCUT2D eigenvalue weighted by molar-refractivity contribution is 4.95. The summed E-state index contributed by atoms with van der Waals surface area (Å²) in [4.78, 5) is 0. The summed E-state index contributed by atoms with van der Waals surface area (Å²) < 4.78 is 0. The number of hydrogen-bond acceptors (Lipinski definition) is 1. The van der Waals surface area contributed by atoms with Gasteiger partial charge in [0.15, 0.2) is 0 Å². The Morgan fingerprint density at radius 3 is 2.73 bits per heavy atom. The molecule has 0 aromatic heterocycles. The molecule has 1 saturated heterocycles. The second kappa shape index (κ2) is 2.78. The summed E-state index contributed by atoms with van der Waals surface area (Å²) in [6.45, 7) is 5.95. The van der Waals surface area contributed by atoms with Crippen LogP contribution >= 0.6 is 0 Å². The van der Waals surface area contributed by atoms with Crippen molar-refractivity contribution in [2.75, 3.05) is 6.54 Å². The summed E-state index contributed by atoms with van der Waals surface area (Å²) >= 11 is 0. The first-order chi connectivity index (χ1) is 5.25. The zero-order valence-electron chi connectivity index (χ0n) is 7.64. The molecule has 1 aliphatic heterocycles. The highest BCUT2D eigenvalue weighted by Gasteiger charge is 2.41. The van der Waals surface area contributed by atoms with Crippen LogP contribution in [0.1, 0.15) is 33.1 Å². The van der Waals surface area contributed by atoms with Crippen LogP contribution in [0.3, 0.4) is 0 Å². The number of piperidine rings is 1. The van der Waals surface area contributed by atoms with Crippen molar-refractivity contribution in [3.63, 3.8) is 0 Å². The Balaban J connectivity index is 1.76. The molecule has 0 aromatic rings. The summed E-state index contributed by atoms with van der Waals surface area (Å²) in [5.41, 5.74) is 0. The fraction of sp³-hybridized carbons (Fsp3) is 1.00. The molecule has 0 spiro atoms. The molecule has 0 bridgehead atoms. The van der Waals surface area contributed by atoms with Gasteiger partial charge in [-0.25, -0.2) is 0 Å². The van der Waals surface area contributed by atoms with Gasteiger partial charge in [0.1, 0.15) is 0 Å². The molecule has 1 heteroatoms. The fourth-order valence-corrected chi connectivity index (χ4v) is 2.36. The van der Waals surface area contributed by atoms with E-state index in [1.54, 1.807) is 0 Å². The van der Waals surface area contributed by atoms with E-state index in [1.807, 2.05) is 0 Å². The van der Waals surface area contributed by atoms with Crippen LogP contribution in [-0.4, -0.2) is 12.6 Å². The molecule has 1 aliphatic carbocycles. The van der Waals surface area contributed by atoms with Crippen LogP contribution in [0.2, 0.25) is 0 Å². The highest BCUT2D eigenvalue weighted by Crippen LogP contribution is 2.44. The van der Waals surface area contributed by atoms with Crippen molar-refractivity contribution in [3.05, 3.63) is 0 Å². The summed E-state index contributed by atoms with van der Waals surface area (Å²) in [5.74, 6) is 3.04. The standard InChI is InChI=1S/C10H19N/c1-7(2)3-10-5-8-4-9(8)6-11-10/h7-11H,3-6H2,1-2H3. The second-order valence-electron chi connectivity index (χ2n) is 4.73. The highest BCUT2D eigenvalue weighted by atomic mass is 14.9. The molecule has 64 valence electrons. The van der Waals surface area contributed by atoms with Gasteiger partial charge in [-0.3, -0.25) is 0 Å². The monoisotopic (exact) mass is 153 g/mol. The van der Waals surface area contributed by atoms with Gasteiger partial charge in [0.2, 0.25) is 0 Å². The molecule has 1 N–H and O–H groups in total. The van der Waals surface area contributed by atoms with E-state index >= 15 is 0 Å². The van der Waals surface area contributed by atoms with Crippen molar-refractivity contribution < 1.29 is 0 Å². The van der Waals surface area contributed by atoms with Gasteiger partial charge in [-0.2, -0.15) is 0 Å². The Morgan fingerprint density at radius 1 is 1.27 bits per heavy atom. The van der Waals surface area contributed by atoms with Crippen molar-refractivity contribution in [1.29, 1.82) is 0 Å². The first-order valence-corrected chi connectivity index (χ1v) is 4.99. The zero-order chi connectivity index (χ0) is 7.84. The number of rotatable bonds is 2. The molecule has 3 atom stereocenters. The largest absolute Gasteiger partial charge is 0.314 e. The Bertz CT molecular complexity index is 140. The third kappa shape index (κ3) is 1.76. The predicted molar refractivity (Wildman–Crippen MR) is 47.5 cm³/mol. The smallest absolute Gasteiger partial charge is 0.00723 e. The molecular formula is C10H19N. The maximum Gasteiger partial charge on any atom is 0.00723 e. The van der Waals surface area contributed by atoms with E-state index in [1.165, 1.54) is 25.8 Å². The van der Waals surface area contributed by atoms with Crippen molar-refractivity contribution >= 4 is 0 Å². The molecule has 1 saturated carbocycles. The lowest BCUT2D eigenvalue weighted by molar-refractivity contribution is 0.336. The third-order valence-electron chi connectivity index (χ3n) is 3.08. The van der Waals surface area contributed by atoms with E-state index in [2.05, 4.69) is 19.2 Å². The van der Waals surface area contributed by atoms with E-state index in [0.29, 0.717) is 0 Å². The quantitative estimate of drug-likeness (QED) is 0.640. The molecule has 1 heterocycles. The van der Waals surface area contributed by atoms with Crippen LogP contribution in [0.25, 0.3) is 0 Å². The van der Waals surface area contributed by atoms with Crippen molar-refractivity contribution in [2.24, 2.45) is 17.8 Å². The van der Waals surface area contributed by atoms with Gasteiger partial charge in [0.05, 0.1) is 0 Å². The first-order valence-electron chi connectivity index (χ1n) is 4.99.